The number of ether oxygens (including phenoxy) is 2. The van der Waals surface area contributed by atoms with Crippen LogP contribution in [0, 0.1) is 0 Å². The zero-order valence-electron chi connectivity index (χ0n) is 11.8. The van der Waals surface area contributed by atoms with Crippen LogP contribution < -0.4 is 0 Å². The Bertz CT molecular complexity index is 602. The quantitative estimate of drug-likeness (QED) is 0.919. The number of hydrogen-bond acceptors (Lipinski definition) is 7. The molecule has 7 heteroatoms. The average molecular weight is 291 g/mol. The van der Waals surface area contributed by atoms with Gasteiger partial charge in [-0.1, -0.05) is 5.16 Å². The molecule has 0 amide bonds. The average Bonchev–Trinajstić information content (AvgIpc) is 2.99. The minimum absolute atomic E-state index is 0.00476. The van der Waals surface area contributed by atoms with E-state index in [4.69, 9.17) is 14.0 Å². The second-order valence-corrected chi connectivity index (χ2v) is 4.86. The van der Waals surface area contributed by atoms with Gasteiger partial charge >= 0.3 is 0 Å². The highest BCUT2D eigenvalue weighted by molar-refractivity contribution is 5.60. The molecule has 0 unspecified atom stereocenters. The third-order valence-electron chi connectivity index (χ3n) is 3.59. The van der Waals surface area contributed by atoms with Crippen molar-refractivity contribution >= 4 is 0 Å². The molecule has 1 aliphatic heterocycles. The van der Waals surface area contributed by atoms with Crippen molar-refractivity contribution in [1.82, 2.24) is 15.1 Å². The number of aromatic nitrogens is 3. The van der Waals surface area contributed by atoms with E-state index in [0.29, 0.717) is 44.1 Å². The normalized spacial score (nSPS) is 17.8. The fourth-order valence-electron chi connectivity index (χ4n) is 2.49. The molecule has 3 rings (SSSR count). The molecule has 112 valence electrons. The van der Waals surface area contributed by atoms with Crippen LogP contribution in [0.25, 0.3) is 11.5 Å². The molecule has 3 heterocycles. The Hall–Kier alpha value is -1.99. The molecule has 7 nitrogen and oxygen atoms in total. The summed E-state index contributed by atoms with van der Waals surface area (Å²) in [6.07, 6.45) is 4.27. The van der Waals surface area contributed by atoms with Gasteiger partial charge in [0.05, 0.1) is 11.8 Å². The lowest BCUT2D eigenvalue weighted by Gasteiger charge is -2.33. The zero-order valence-corrected chi connectivity index (χ0v) is 11.8. The van der Waals surface area contributed by atoms with Crippen molar-refractivity contribution in [1.29, 1.82) is 0 Å². The Kier molecular flexibility index (Phi) is 3.85. The van der Waals surface area contributed by atoms with Crippen LogP contribution in [0.3, 0.4) is 0 Å². The molecule has 0 atom stereocenters. The minimum Gasteiger partial charge on any atom is -0.505 e. The van der Waals surface area contributed by atoms with E-state index in [2.05, 4.69) is 15.1 Å². The standard InChI is InChI=1S/C14H17N3O4/c1-2-20-14(4-7-19-8-5-14)13-16-12(21-17-13)10-3-6-15-9-11(10)18/h3,6,9,18H,2,4-5,7-8H2,1H3. The molecule has 0 saturated carbocycles. The highest BCUT2D eigenvalue weighted by Gasteiger charge is 2.40. The predicted molar refractivity (Wildman–Crippen MR) is 72.6 cm³/mol. The molecule has 1 saturated heterocycles. The lowest BCUT2D eigenvalue weighted by Crippen LogP contribution is -2.37. The molecule has 1 fully saturated rings. The Morgan fingerprint density at radius 3 is 2.90 bits per heavy atom. The van der Waals surface area contributed by atoms with Gasteiger partial charge in [-0.2, -0.15) is 4.98 Å². The van der Waals surface area contributed by atoms with Crippen molar-refractivity contribution in [3.63, 3.8) is 0 Å². The van der Waals surface area contributed by atoms with Crippen LogP contribution in [0.5, 0.6) is 5.75 Å². The topological polar surface area (TPSA) is 90.5 Å². The van der Waals surface area contributed by atoms with E-state index < -0.39 is 5.60 Å². The Morgan fingerprint density at radius 1 is 1.38 bits per heavy atom. The van der Waals surface area contributed by atoms with Crippen molar-refractivity contribution < 1.29 is 19.1 Å². The van der Waals surface area contributed by atoms with Gasteiger partial charge in [-0.15, -0.1) is 0 Å². The summed E-state index contributed by atoms with van der Waals surface area (Å²) in [5.74, 6) is 0.763. The first-order chi connectivity index (χ1) is 10.2. The molecule has 1 N–H and O–H groups in total. The molecule has 0 aromatic carbocycles. The van der Waals surface area contributed by atoms with Gasteiger partial charge in [-0.05, 0) is 13.0 Å². The summed E-state index contributed by atoms with van der Waals surface area (Å²) in [5, 5.41) is 13.9. The number of nitrogens with zero attached hydrogens (tertiary/aromatic N) is 3. The molecule has 2 aromatic heterocycles. The maximum absolute atomic E-state index is 9.81. The number of aromatic hydroxyl groups is 1. The van der Waals surface area contributed by atoms with E-state index in [-0.39, 0.29) is 11.6 Å². The van der Waals surface area contributed by atoms with Gasteiger partial charge in [0.1, 0.15) is 11.4 Å². The fraction of sp³-hybridized carbons (Fsp3) is 0.500. The van der Waals surface area contributed by atoms with Crippen LogP contribution >= 0.6 is 0 Å². The second-order valence-electron chi connectivity index (χ2n) is 4.86. The van der Waals surface area contributed by atoms with E-state index in [9.17, 15) is 5.11 Å². The van der Waals surface area contributed by atoms with Crippen LogP contribution in [0.2, 0.25) is 0 Å². The molecule has 2 aromatic rings. The van der Waals surface area contributed by atoms with Crippen LogP contribution in [-0.4, -0.2) is 40.1 Å². The first-order valence-corrected chi connectivity index (χ1v) is 6.94. The van der Waals surface area contributed by atoms with Crippen LogP contribution in [0.4, 0.5) is 0 Å². The van der Waals surface area contributed by atoms with Gasteiger partial charge in [0.2, 0.25) is 5.82 Å². The van der Waals surface area contributed by atoms with Crippen molar-refractivity contribution in [2.24, 2.45) is 0 Å². The molecular formula is C14H17N3O4. The van der Waals surface area contributed by atoms with Gasteiger partial charge in [-0.25, -0.2) is 0 Å². The summed E-state index contributed by atoms with van der Waals surface area (Å²) in [6, 6.07) is 1.63. The van der Waals surface area contributed by atoms with Crippen LogP contribution in [0.15, 0.2) is 23.0 Å². The van der Waals surface area contributed by atoms with E-state index in [1.165, 1.54) is 6.20 Å². The highest BCUT2D eigenvalue weighted by atomic mass is 16.5. The highest BCUT2D eigenvalue weighted by Crippen LogP contribution is 2.36. The smallest absolute Gasteiger partial charge is 0.261 e. The van der Waals surface area contributed by atoms with E-state index in [0.717, 1.165) is 0 Å². The maximum Gasteiger partial charge on any atom is 0.261 e. The lowest BCUT2D eigenvalue weighted by molar-refractivity contribution is -0.118. The Labute approximate surface area is 121 Å². The monoisotopic (exact) mass is 291 g/mol. The van der Waals surface area contributed by atoms with Crippen molar-refractivity contribution in [2.45, 2.75) is 25.4 Å². The summed E-state index contributed by atoms with van der Waals surface area (Å²) >= 11 is 0. The fourth-order valence-corrected chi connectivity index (χ4v) is 2.49. The van der Waals surface area contributed by atoms with E-state index >= 15 is 0 Å². The van der Waals surface area contributed by atoms with E-state index in [1.807, 2.05) is 6.92 Å². The van der Waals surface area contributed by atoms with Crippen molar-refractivity contribution in [3.05, 3.63) is 24.3 Å². The van der Waals surface area contributed by atoms with Crippen molar-refractivity contribution in [3.8, 4) is 17.2 Å². The van der Waals surface area contributed by atoms with Crippen LogP contribution in [-0.2, 0) is 15.1 Å². The van der Waals surface area contributed by atoms with Gasteiger partial charge in [0.15, 0.2) is 0 Å². The second kappa shape index (κ2) is 5.79. The first kappa shape index (κ1) is 14.0. The molecule has 21 heavy (non-hydrogen) atoms. The first-order valence-electron chi connectivity index (χ1n) is 6.94. The molecule has 1 aliphatic rings. The predicted octanol–water partition coefficient (Wildman–Crippen LogP) is 1.88. The zero-order chi connectivity index (χ0) is 14.7. The van der Waals surface area contributed by atoms with E-state index in [1.54, 1.807) is 12.3 Å². The number of hydrogen-bond donors (Lipinski definition) is 1. The largest absolute Gasteiger partial charge is 0.505 e. The molecule has 0 bridgehead atoms. The lowest BCUT2D eigenvalue weighted by atomic mass is 9.93. The van der Waals surface area contributed by atoms with Gasteiger partial charge in [0.25, 0.3) is 5.89 Å². The minimum atomic E-state index is -0.572. The van der Waals surface area contributed by atoms with Gasteiger partial charge in [0, 0.05) is 38.9 Å². The summed E-state index contributed by atoms with van der Waals surface area (Å²) < 4.78 is 16.6. The third-order valence-corrected chi connectivity index (χ3v) is 3.59. The molecular weight excluding hydrogens is 274 g/mol. The van der Waals surface area contributed by atoms with Crippen molar-refractivity contribution in [2.75, 3.05) is 19.8 Å². The third kappa shape index (κ3) is 2.62. The Morgan fingerprint density at radius 2 is 2.19 bits per heavy atom. The molecule has 0 radical (unpaired) electrons. The molecule has 0 spiro atoms. The SMILES string of the molecule is CCOC1(c2noc(-c3ccncc3O)n2)CCOCC1. The summed E-state index contributed by atoms with van der Waals surface area (Å²) in [6.45, 7) is 3.70. The summed E-state index contributed by atoms with van der Waals surface area (Å²) in [4.78, 5) is 8.24. The number of pyridine rings is 1. The van der Waals surface area contributed by atoms with Gasteiger partial charge in [-0.3, -0.25) is 4.98 Å². The molecule has 0 aliphatic carbocycles. The summed E-state index contributed by atoms with van der Waals surface area (Å²) in [7, 11) is 0. The summed E-state index contributed by atoms with van der Waals surface area (Å²) in [5.41, 5.74) is -0.111. The maximum atomic E-state index is 9.81. The Balaban J connectivity index is 1.94. The number of rotatable bonds is 4. The van der Waals surface area contributed by atoms with Gasteiger partial charge < -0.3 is 19.1 Å². The van der Waals surface area contributed by atoms with Crippen LogP contribution in [0.1, 0.15) is 25.6 Å².